The molecular formula is C23H36. The number of hydrogen-bond acceptors (Lipinski definition) is 0. The summed E-state index contributed by atoms with van der Waals surface area (Å²) < 4.78 is 0. The summed E-state index contributed by atoms with van der Waals surface area (Å²) in [5, 5.41) is 0. The lowest BCUT2D eigenvalue weighted by Crippen LogP contribution is -2.55. The second-order valence-corrected chi connectivity index (χ2v) is 10.4. The molecule has 0 heteroatoms. The highest BCUT2D eigenvalue weighted by atomic mass is 14.6. The third kappa shape index (κ3) is 2.11. The minimum absolute atomic E-state index is 0.541. The van der Waals surface area contributed by atoms with E-state index in [1.807, 2.05) is 0 Å². The molecule has 23 heavy (non-hydrogen) atoms. The summed E-state index contributed by atoms with van der Waals surface area (Å²) in [5.41, 5.74) is 1.16. The van der Waals surface area contributed by atoms with Crippen LogP contribution in [0, 0.1) is 64.6 Å². The maximum atomic E-state index is 6.08. The molecule has 9 unspecified atom stereocenters. The molecule has 0 saturated heterocycles. The van der Waals surface area contributed by atoms with Crippen molar-refractivity contribution in [1.82, 2.24) is 0 Å². The maximum Gasteiger partial charge on any atom is 0.0236 e. The lowest BCUT2D eigenvalue weighted by atomic mass is 9.42. The number of terminal acetylenes is 1. The van der Waals surface area contributed by atoms with Crippen LogP contribution in [-0.4, -0.2) is 0 Å². The van der Waals surface area contributed by atoms with Gasteiger partial charge in [-0.1, -0.05) is 34.1 Å². The molecule has 0 aromatic heterocycles. The molecule has 0 nitrogen and oxygen atoms in total. The minimum Gasteiger partial charge on any atom is -0.120 e. The molecule has 4 aliphatic rings. The Kier molecular flexibility index (Phi) is 3.68. The summed E-state index contributed by atoms with van der Waals surface area (Å²) in [6.45, 7) is 10.2. The maximum absolute atomic E-state index is 6.08. The van der Waals surface area contributed by atoms with Gasteiger partial charge >= 0.3 is 0 Å². The van der Waals surface area contributed by atoms with Crippen LogP contribution in [0.25, 0.3) is 0 Å². The summed E-state index contributed by atoms with van der Waals surface area (Å²) in [6, 6.07) is 0. The lowest BCUT2D eigenvalue weighted by molar-refractivity contribution is -0.130. The molecule has 4 aliphatic carbocycles. The Bertz CT molecular complexity index is 513. The zero-order chi connectivity index (χ0) is 16.4. The fourth-order valence-corrected chi connectivity index (χ4v) is 7.99. The van der Waals surface area contributed by atoms with E-state index in [0.29, 0.717) is 16.7 Å². The second kappa shape index (κ2) is 5.28. The van der Waals surface area contributed by atoms with Crippen LogP contribution in [0.1, 0.15) is 79.1 Å². The molecule has 128 valence electrons. The van der Waals surface area contributed by atoms with Crippen LogP contribution in [0.2, 0.25) is 0 Å². The Morgan fingerprint density at radius 1 is 0.826 bits per heavy atom. The van der Waals surface area contributed by atoms with Gasteiger partial charge in [-0.25, -0.2) is 0 Å². The van der Waals surface area contributed by atoms with E-state index >= 15 is 0 Å². The van der Waals surface area contributed by atoms with Gasteiger partial charge in [0.05, 0.1) is 0 Å². The molecule has 0 spiro atoms. The first-order chi connectivity index (χ1) is 10.9. The first kappa shape index (κ1) is 16.1. The summed E-state index contributed by atoms with van der Waals surface area (Å²) >= 11 is 0. The van der Waals surface area contributed by atoms with E-state index in [0.717, 1.165) is 35.5 Å². The largest absolute Gasteiger partial charge is 0.120 e. The van der Waals surface area contributed by atoms with Gasteiger partial charge in [-0.2, -0.15) is 0 Å². The molecule has 0 radical (unpaired) electrons. The van der Waals surface area contributed by atoms with E-state index in [9.17, 15) is 0 Å². The molecule has 0 heterocycles. The molecule has 4 saturated carbocycles. The highest BCUT2D eigenvalue weighted by molar-refractivity contribution is 5.14. The van der Waals surface area contributed by atoms with Crippen LogP contribution in [0.5, 0.6) is 0 Å². The first-order valence-corrected chi connectivity index (χ1v) is 10.4. The van der Waals surface area contributed by atoms with E-state index in [1.165, 1.54) is 51.4 Å². The van der Waals surface area contributed by atoms with Crippen LogP contribution in [-0.2, 0) is 0 Å². The van der Waals surface area contributed by atoms with Crippen molar-refractivity contribution in [1.29, 1.82) is 0 Å². The van der Waals surface area contributed by atoms with Crippen molar-refractivity contribution in [2.24, 2.45) is 52.3 Å². The van der Waals surface area contributed by atoms with Gasteiger partial charge in [0.25, 0.3) is 0 Å². The summed E-state index contributed by atoms with van der Waals surface area (Å²) in [5.74, 6) is 9.32. The Hall–Kier alpha value is -0.440. The van der Waals surface area contributed by atoms with E-state index in [4.69, 9.17) is 6.42 Å². The van der Waals surface area contributed by atoms with Crippen LogP contribution in [0.4, 0.5) is 0 Å². The summed E-state index contributed by atoms with van der Waals surface area (Å²) in [7, 11) is 0. The predicted molar refractivity (Wildman–Crippen MR) is 97.8 cm³/mol. The van der Waals surface area contributed by atoms with Gasteiger partial charge in [-0.3, -0.25) is 0 Å². The molecule has 9 atom stereocenters. The highest BCUT2D eigenvalue weighted by Gasteiger charge is 2.61. The smallest absolute Gasteiger partial charge is 0.0236 e. The van der Waals surface area contributed by atoms with E-state index in [-0.39, 0.29) is 0 Å². The Morgan fingerprint density at radius 3 is 2.26 bits per heavy atom. The summed E-state index contributed by atoms with van der Waals surface area (Å²) in [4.78, 5) is 0. The van der Waals surface area contributed by atoms with Gasteiger partial charge in [-0.15, -0.1) is 12.3 Å². The van der Waals surface area contributed by atoms with Gasteiger partial charge in [-0.05, 0) is 91.3 Å². The van der Waals surface area contributed by atoms with Gasteiger partial charge in [0, 0.05) is 5.92 Å². The average molecular weight is 313 g/mol. The SMILES string of the molecule is C#CC1CC2C3CCC(C)C3(C)CCC2C2(C)CCC(C)CC12. The molecular weight excluding hydrogens is 276 g/mol. The normalized spacial score (nSPS) is 58.7. The van der Waals surface area contributed by atoms with Gasteiger partial charge < -0.3 is 0 Å². The molecule has 0 bridgehead atoms. The fourth-order valence-electron chi connectivity index (χ4n) is 7.99. The van der Waals surface area contributed by atoms with Crippen LogP contribution >= 0.6 is 0 Å². The zero-order valence-electron chi connectivity index (χ0n) is 15.8. The number of fused-ring (bicyclic) bond motifs is 5. The molecule has 0 aromatic carbocycles. The molecule has 4 rings (SSSR count). The van der Waals surface area contributed by atoms with Gasteiger partial charge in [0.1, 0.15) is 0 Å². The lowest BCUT2D eigenvalue weighted by Gasteiger charge is -2.62. The van der Waals surface area contributed by atoms with Crippen LogP contribution in [0.3, 0.4) is 0 Å². The second-order valence-electron chi connectivity index (χ2n) is 10.4. The molecule has 0 aliphatic heterocycles. The van der Waals surface area contributed by atoms with Crippen molar-refractivity contribution >= 4 is 0 Å². The summed E-state index contributed by atoms with van der Waals surface area (Å²) in [6.07, 6.45) is 17.6. The fraction of sp³-hybridized carbons (Fsp3) is 0.913. The van der Waals surface area contributed by atoms with Gasteiger partial charge in [0.15, 0.2) is 0 Å². The first-order valence-electron chi connectivity index (χ1n) is 10.4. The molecule has 4 fully saturated rings. The quantitative estimate of drug-likeness (QED) is 0.470. The molecule has 0 aromatic rings. The van der Waals surface area contributed by atoms with Crippen molar-refractivity contribution in [2.75, 3.05) is 0 Å². The molecule has 0 amide bonds. The standard InChI is InChI=1S/C23H36/c1-6-17-14-18-19-8-7-16(3)22(19,4)12-10-20(18)23(5)11-9-15(2)13-21(17)23/h1,15-21H,7-14H2,2-5H3. The van der Waals surface area contributed by atoms with E-state index < -0.39 is 0 Å². The third-order valence-corrected chi connectivity index (χ3v) is 9.66. The van der Waals surface area contributed by atoms with E-state index in [2.05, 4.69) is 33.6 Å². The number of hydrogen-bond donors (Lipinski definition) is 0. The average Bonchev–Trinajstić information content (AvgIpc) is 2.83. The van der Waals surface area contributed by atoms with Crippen molar-refractivity contribution in [3.63, 3.8) is 0 Å². The highest BCUT2D eigenvalue weighted by Crippen LogP contribution is 2.68. The topological polar surface area (TPSA) is 0 Å². The Labute approximate surface area is 144 Å². The van der Waals surface area contributed by atoms with Crippen molar-refractivity contribution in [3.8, 4) is 12.3 Å². The number of rotatable bonds is 0. The minimum atomic E-state index is 0.541. The van der Waals surface area contributed by atoms with Crippen LogP contribution < -0.4 is 0 Å². The molecule has 0 N–H and O–H groups in total. The third-order valence-electron chi connectivity index (χ3n) is 9.66. The van der Waals surface area contributed by atoms with Crippen molar-refractivity contribution in [2.45, 2.75) is 79.1 Å². The zero-order valence-corrected chi connectivity index (χ0v) is 15.8. The monoisotopic (exact) mass is 312 g/mol. The van der Waals surface area contributed by atoms with Crippen molar-refractivity contribution in [3.05, 3.63) is 0 Å². The Morgan fingerprint density at radius 2 is 1.52 bits per heavy atom. The van der Waals surface area contributed by atoms with E-state index in [1.54, 1.807) is 0 Å². The van der Waals surface area contributed by atoms with Crippen molar-refractivity contribution < 1.29 is 0 Å². The Balaban J connectivity index is 1.70. The van der Waals surface area contributed by atoms with Crippen LogP contribution in [0.15, 0.2) is 0 Å². The van der Waals surface area contributed by atoms with Gasteiger partial charge in [0.2, 0.25) is 0 Å². The predicted octanol–water partition coefficient (Wildman–Crippen LogP) is 6.16.